The van der Waals surface area contributed by atoms with Crippen LogP contribution in [-0.4, -0.2) is 17.3 Å². The summed E-state index contributed by atoms with van der Waals surface area (Å²) in [5, 5.41) is 0.812. The molecule has 7 rings (SSSR count). The van der Waals surface area contributed by atoms with Crippen LogP contribution in [0.2, 0.25) is 0 Å². The van der Waals surface area contributed by atoms with Crippen molar-refractivity contribution < 1.29 is 9.59 Å². The van der Waals surface area contributed by atoms with Gasteiger partial charge in [-0.15, -0.1) is 0 Å². The number of fused-ring (bicyclic) bond motifs is 1. The van der Waals surface area contributed by atoms with Crippen molar-refractivity contribution in [1.29, 1.82) is 0 Å². The first-order chi connectivity index (χ1) is 9.19. The molecule has 19 heavy (non-hydrogen) atoms. The van der Waals surface area contributed by atoms with Gasteiger partial charge in [-0.2, -0.15) is 0 Å². The van der Waals surface area contributed by atoms with Crippen LogP contribution in [-0.2, 0) is 9.59 Å². The molecule has 7 aliphatic carbocycles. The Morgan fingerprint density at radius 2 is 2.32 bits per heavy atom. The lowest BCUT2D eigenvalue weighted by Gasteiger charge is -2.61. The molecular weight excluding hydrogens is 240 g/mol. The third-order valence-electron chi connectivity index (χ3n) is 7.12. The molecule has 7 aliphatic rings. The fourth-order valence-corrected chi connectivity index (χ4v) is 6.49. The summed E-state index contributed by atoms with van der Waals surface area (Å²) in [5.74, 6) is 8.74. The average Bonchev–Trinajstić information content (AvgIpc) is 3.25. The smallest absolute Gasteiger partial charge is 0.250 e. The molecule has 0 saturated heterocycles. The summed E-state index contributed by atoms with van der Waals surface area (Å²) in [5.41, 5.74) is 1.50. The molecule has 2 amide bonds. The predicted octanol–water partition coefficient (Wildman–Crippen LogP) is 0.469. The van der Waals surface area contributed by atoms with E-state index in [1.54, 1.807) is 5.57 Å². The van der Waals surface area contributed by atoms with Crippen LogP contribution in [0.5, 0.6) is 0 Å². The van der Waals surface area contributed by atoms with E-state index in [9.17, 15) is 9.59 Å². The molecule has 8 atom stereocenters. The van der Waals surface area contributed by atoms with E-state index < -0.39 is 0 Å². The fourth-order valence-electron chi connectivity index (χ4n) is 6.49. The van der Waals surface area contributed by atoms with Gasteiger partial charge >= 0.3 is 0 Å². The third-order valence-corrected chi connectivity index (χ3v) is 7.12. The van der Waals surface area contributed by atoms with E-state index in [2.05, 4.69) is 18.2 Å². The molecule has 4 saturated carbocycles. The van der Waals surface area contributed by atoms with Gasteiger partial charge in [0.05, 0.1) is 5.41 Å². The Morgan fingerprint density at radius 3 is 3.05 bits per heavy atom. The normalized spacial score (nSPS) is 62.7. The summed E-state index contributed by atoms with van der Waals surface area (Å²) < 4.78 is 0. The van der Waals surface area contributed by atoms with Crippen LogP contribution in [0.4, 0.5) is 0 Å². The molecule has 0 aromatic heterocycles. The number of hydrazine groups is 1. The summed E-state index contributed by atoms with van der Waals surface area (Å²) in [6.45, 7) is 0. The highest BCUT2D eigenvalue weighted by Gasteiger charge is 2.92. The molecule has 0 heterocycles. The van der Waals surface area contributed by atoms with Crippen LogP contribution < -0.4 is 5.84 Å². The molecule has 4 fully saturated rings. The highest BCUT2D eigenvalue weighted by atomic mass is 16.2. The molecular formula is C15H14N2O2. The van der Waals surface area contributed by atoms with Crippen molar-refractivity contribution in [3.05, 3.63) is 23.8 Å². The standard InChI is InChI=1S/C15H14N2O2/c16-17(5-18)13(19)15-8-3-7(8)11(15)6-1-2-10(15)14-4-9(14)12(6)14/h1-2,4-8,10-12H,3,16H2/t6?,7?,8?,10?,11-,12?,14+,15-/m1/s1. The van der Waals surface area contributed by atoms with Crippen LogP contribution >= 0.6 is 0 Å². The SMILES string of the molecule is NN(C=O)C(=O)[C@@]12C3CC3[C@H]1C1C=CC2[C@]23C=C2C13. The molecule has 0 radical (unpaired) electrons. The monoisotopic (exact) mass is 254 g/mol. The number of carbonyl (C=O) groups excluding carboxylic acids is 2. The van der Waals surface area contributed by atoms with Gasteiger partial charge in [-0.05, 0) is 30.1 Å². The van der Waals surface area contributed by atoms with Crippen LogP contribution in [0.1, 0.15) is 6.42 Å². The topological polar surface area (TPSA) is 63.4 Å². The second-order valence-electron chi connectivity index (χ2n) is 7.23. The van der Waals surface area contributed by atoms with Gasteiger partial charge < -0.3 is 0 Å². The van der Waals surface area contributed by atoms with Crippen LogP contribution in [0.3, 0.4) is 0 Å². The highest BCUT2D eigenvalue weighted by Crippen LogP contribution is 2.94. The molecule has 4 heteroatoms. The number of imide groups is 1. The first-order valence-electron chi connectivity index (χ1n) is 7.14. The van der Waals surface area contributed by atoms with Gasteiger partial charge in [0.1, 0.15) is 0 Å². The van der Waals surface area contributed by atoms with Gasteiger partial charge in [-0.25, -0.2) is 10.9 Å². The fraction of sp³-hybridized carbons (Fsp3) is 0.600. The largest absolute Gasteiger partial charge is 0.277 e. The van der Waals surface area contributed by atoms with Crippen molar-refractivity contribution >= 4 is 12.3 Å². The van der Waals surface area contributed by atoms with Crippen molar-refractivity contribution in [2.24, 2.45) is 52.2 Å². The number of hydrogen-bond donors (Lipinski definition) is 1. The zero-order valence-corrected chi connectivity index (χ0v) is 10.3. The van der Waals surface area contributed by atoms with Crippen molar-refractivity contribution in [3.63, 3.8) is 0 Å². The number of allylic oxidation sites excluding steroid dienone is 4. The Hall–Kier alpha value is -1.42. The molecule has 2 N–H and O–H groups in total. The number of amides is 2. The molecule has 0 aromatic carbocycles. The predicted molar refractivity (Wildman–Crippen MR) is 64.7 cm³/mol. The van der Waals surface area contributed by atoms with Crippen molar-refractivity contribution in [3.8, 4) is 0 Å². The van der Waals surface area contributed by atoms with Crippen LogP contribution in [0, 0.1) is 46.3 Å². The van der Waals surface area contributed by atoms with E-state index in [-0.39, 0.29) is 22.7 Å². The molecule has 0 aromatic rings. The summed E-state index contributed by atoms with van der Waals surface area (Å²) in [7, 11) is 0. The summed E-state index contributed by atoms with van der Waals surface area (Å²) in [4.78, 5) is 23.7. The Kier molecular flexibility index (Phi) is 1.11. The zero-order chi connectivity index (χ0) is 12.7. The Morgan fingerprint density at radius 1 is 1.47 bits per heavy atom. The summed E-state index contributed by atoms with van der Waals surface area (Å²) in [6.07, 6.45) is 8.59. The maximum atomic E-state index is 12.8. The van der Waals surface area contributed by atoms with E-state index in [0.717, 1.165) is 23.3 Å². The van der Waals surface area contributed by atoms with Gasteiger partial charge in [0.2, 0.25) is 6.41 Å². The van der Waals surface area contributed by atoms with Gasteiger partial charge in [0.25, 0.3) is 5.91 Å². The molecule has 96 valence electrons. The van der Waals surface area contributed by atoms with Crippen molar-refractivity contribution in [1.82, 2.24) is 5.01 Å². The lowest BCUT2D eigenvalue weighted by atomic mass is 9.41. The van der Waals surface area contributed by atoms with E-state index >= 15 is 0 Å². The Bertz CT molecular complexity index is 653. The third kappa shape index (κ3) is 0.634. The maximum absolute atomic E-state index is 12.8. The molecule has 0 aliphatic heterocycles. The molecule has 1 spiro atoms. The summed E-state index contributed by atoms with van der Waals surface area (Å²) >= 11 is 0. The summed E-state index contributed by atoms with van der Waals surface area (Å²) in [6, 6.07) is 0. The Balaban J connectivity index is 1.55. The van der Waals surface area contributed by atoms with Crippen molar-refractivity contribution in [2.75, 3.05) is 0 Å². The molecule has 4 nitrogen and oxygen atoms in total. The Labute approximate surface area is 110 Å². The second kappa shape index (κ2) is 2.22. The number of rotatable bonds is 2. The lowest BCUT2D eigenvalue weighted by Crippen LogP contribution is -2.67. The molecule has 5 unspecified atom stereocenters. The average molecular weight is 254 g/mol. The molecule has 2 bridgehead atoms. The minimum absolute atomic E-state index is 0.120. The van der Waals surface area contributed by atoms with Crippen molar-refractivity contribution in [2.45, 2.75) is 6.42 Å². The zero-order valence-electron chi connectivity index (χ0n) is 10.3. The highest BCUT2D eigenvalue weighted by molar-refractivity contribution is 5.94. The quantitative estimate of drug-likeness (QED) is 0.256. The van der Waals surface area contributed by atoms with Gasteiger partial charge in [-0.1, -0.05) is 23.8 Å². The van der Waals surface area contributed by atoms with Gasteiger partial charge in [0.15, 0.2) is 0 Å². The minimum atomic E-state index is -0.342. The first kappa shape index (κ1) is 9.48. The minimum Gasteiger partial charge on any atom is -0.277 e. The number of hydrogen-bond acceptors (Lipinski definition) is 3. The van der Waals surface area contributed by atoms with Crippen LogP contribution in [0.25, 0.3) is 0 Å². The van der Waals surface area contributed by atoms with Gasteiger partial charge in [-0.3, -0.25) is 9.59 Å². The maximum Gasteiger partial charge on any atom is 0.250 e. The van der Waals surface area contributed by atoms with Crippen LogP contribution in [0.15, 0.2) is 23.8 Å². The number of nitrogens with zero attached hydrogens (tertiary/aromatic N) is 1. The second-order valence-corrected chi connectivity index (χ2v) is 7.23. The van der Waals surface area contributed by atoms with E-state index in [4.69, 9.17) is 5.84 Å². The number of carbonyl (C=O) groups is 2. The van der Waals surface area contributed by atoms with Gasteiger partial charge in [0, 0.05) is 17.3 Å². The van der Waals surface area contributed by atoms with E-state index in [0.29, 0.717) is 24.2 Å². The van der Waals surface area contributed by atoms with E-state index in [1.165, 1.54) is 0 Å². The van der Waals surface area contributed by atoms with E-state index in [1.807, 2.05) is 0 Å². The lowest BCUT2D eigenvalue weighted by molar-refractivity contribution is -0.178. The number of nitrogens with two attached hydrogens (primary N) is 1. The first-order valence-corrected chi connectivity index (χ1v) is 7.14.